The third-order valence-electron chi connectivity index (χ3n) is 1.87. The maximum atomic E-state index is 6.10. The van der Waals surface area contributed by atoms with E-state index in [2.05, 4.69) is 15.9 Å². The molecule has 72 valence electrons. The molecule has 0 bridgehead atoms. The zero-order valence-corrected chi connectivity index (χ0v) is 10.3. The lowest BCUT2D eigenvalue weighted by molar-refractivity contribution is 1.67. The van der Waals surface area contributed by atoms with Crippen LogP contribution >= 0.6 is 38.9 Å². The Hall–Kier alpha value is -0.510. The van der Waals surface area contributed by atoms with Crippen LogP contribution in [-0.4, -0.2) is 0 Å². The molecule has 1 aromatic heterocycles. The van der Waals surface area contributed by atoms with E-state index in [1.807, 2.05) is 24.3 Å². The van der Waals surface area contributed by atoms with Crippen molar-refractivity contribution in [3.8, 4) is 10.4 Å². The van der Waals surface area contributed by atoms with Gasteiger partial charge >= 0.3 is 0 Å². The molecule has 0 atom stereocenters. The Bertz CT molecular complexity index is 467. The van der Waals surface area contributed by atoms with Crippen molar-refractivity contribution >= 4 is 44.6 Å². The van der Waals surface area contributed by atoms with E-state index in [0.717, 1.165) is 14.2 Å². The third kappa shape index (κ3) is 1.80. The van der Waals surface area contributed by atoms with Gasteiger partial charge in [-0.2, -0.15) is 0 Å². The molecule has 0 amide bonds. The van der Waals surface area contributed by atoms with E-state index in [0.29, 0.717) is 10.7 Å². The molecule has 0 spiro atoms. The fourth-order valence-electron chi connectivity index (χ4n) is 1.20. The first-order valence-electron chi connectivity index (χ1n) is 3.98. The molecule has 0 aliphatic rings. The van der Waals surface area contributed by atoms with Gasteiger partial charge in [0, 0.05) is 10.4 Å². The highest BCUT2D eigenvalue weighted by Crippen LogP contribution is 2.37. The first-order valence-corrected chi connectivity index (χ1v) is 5.97. The molecule has 14 heavy (non-hydrogen) atoms. The van der Waals surface area contributed by atoms with Crippen LogP contribution in [0.25, 0.3) is 10.4 Å². The summed E-state index contributed by atoms with van der Waals surface area (Å²) in [6, 6.07) is 9.70. The second-order valence-corrected chi connectivity index (χ2v) is 5.65. The van der Waals surface area contributed by atoms with Gasteiger partial charge in [0.2, 0.25) is 0 Å². The predicted molar refractivity (Wildman–Crippen MR) is 66.9 cm³/mol. The SMILES string of the molecule is Nc1cccc(-c2ccc(Br)s2)c1Cl. The van der Waals surface area contributed by atoms with E-state index in [9.17, 15) is 0 Å². The van der Waals surface area contributed by atoms with Crippen molar-refractivity contribution in [1.82, 2.24) is 0 Å². The van der Waals surface area contributed by atoms with Gasteiger partial charge in [-0.3, -0.25) is 0 Å². The van der Waals surface area contributed by atoms with E-state index in [-0.39, 0.29) is 0 Å². The van der Waals surface area contributed by atoms with Crippen LogP contribution in [-0.2, 0) is 0 Å². The van der Waals surface area contributed by atoms with Gasteiger partial charge in [0.15, 0.2) is 0 Å². The van der Waals surface area contributed by atoms with Crippen LogP contribution in [0.2, 0.25) is 5.02 Å². The first kappa shape index (κ1) is 10.0. The fourth-order valence-corrected chi connectivity index (χ4v) is 2.90. The summed E-state index contributed by atoms with van der Waals surface area (Å²) in [5, 5.41) is 0.627. The molecule has 0 unspecified atom stereocenters. The second-order valence-electron chi connectivity index (χ2n) is 2.81. The average Bonchev–Trinajstić information content (AvgIpc) is 2.57. The number of halogens is 2. The molecular weight excluding hydrogens is 282 g/mol. The van der Waals surface area contributed by atoms with E-state index < -0.39 is 0 Å². The van der Waals surface area contributed by atoms with Gasteiger partial charge < -0.3 is 5.73 Å². The largest absolute Gasteiger partial charge is 0.398 e. The highest BCUT2D eigenvalue weighted by molar-refractivity contribution is 9.11. The van der Waals surface area contributed by atoms with E-state index >= 15 is 0 Å². The van der Waals surface area contributed by atoms with Crippen LogP contribution in [0.3, 0.4) is 0 Å². The molecule has 1 nitrogen and oxygen atoms in total. The molecule has 1 aromatic carbocycles. The zero-order chi connectivity index (χ0) is 10.1. The molecule has 4 heteroatoms. The number of benzene rings is 1. The van der Waals surface area contributed by atoms with Crippen LogP contribution in [0.1, 0.15) is 0 Å². The van der Waals surface area contributed by atoms with Crippen molar-refractivity contribution < 1.29 is 0 Å². The standard InChI is InChI=1S/C10H7BrClNS/c11-9-5-4-8(14-9)6-2-1-3-7(13)10(6)12/h1-5H,13H2. The smallest absolute Gasteiger partial charge is 0.0721 e. The Labute approximate surface area is 99.6 Å². The van der Waals surface area contributed by atoms with Crippen LogP contribution in [0.5, 0.6) is 0 Å². The van der Waals surface area contributed by atoms with Gasteiger partial charge in [0.05, 0.1) is 14.5 Å². The Morgan fingerprint density at radius 1 is 1.21 bits per heavy atom. The maximum Gasteiger partial charge on any atom is 0.0721 e. The van der Waals surface area contributed by atoms with Crippen molar-refractivity contribution in [3.05, 3.63) is 39.1 Å². The molecule has 0 aliphatic carbocycles. The summed E-state index contributed by atoms with van der Waals surface area (Å²) in [6.07, 6.45) is 0. The summed E-state index contributed by atoms with van der Waals surface area (Å²) in [6.45, 7) is 0. The second kappa shape index (κ2) is 3.93. The minimum absolute atomic E-state index is 0.619. The van der Waals surface area contributed by atoms with Gasteiger partial charge in [-0.1, -0.05) is 23.7 Å². The summed E-state index contributed by atoms with van der Waals surface area (Å²) in [4.78, 5) is 1.12. The molecule has 0 aliphatic heterocycles. The quantitative estimate of drug-likeness (QED) is 0.773. The predicted octanol–water partition coefficient (Wildman–Crippen LogP) is 4.41. The van der Waals surface area contributed by atoms with Gasteiger partial charge in [-0.15, -0.1) is 11.3 Å². The number of thiophene rings is 1. The Kier molecular flexibility index (Phi) is 2.81. The number of hydrogen-bond donors (Lipinski definition) is 1. The summed E-state index contributed by atoms with van der Waals surface area (Å²) in [7, 11) is 0. The summed E-state index contributed by atoms with van der Waals surface area (Å²) in [5.74, 6) is 0. The van der Waals surface area contributed by atoms with Crippen LogP contribution in [0.4, 0.5) is 5.69 Å². The van der Waals surface area contributed by atoms with E-state index in [1.165, 1.54) is 0 Å². The van der Waals surface area contributed by atoms with Gasteiger partial charge in [0.1, 0.15) is 0 Å². The Morgan fingerprint density at radius 3 is 2.64 bits per heavy atom. The van der Waals surface area contributed by atoms with Crippen LogP contribution in [0, 0.1) is 0 Å². The summed E-state index contributed by atoms with van der Waals surface area (Å²) >= 11 is 11.2. The highest BCUT2D eigenvalue weighted by atomic mass is 79.9. The Balaban J connectivity index is 2.57. The molecule has 0 saturated carbocycles. The van der Waals surface area contributed by atoms with Gasteiger partial charge in [-0.05, 0) is 34.1 Å². The number of anilines is 1. The van der Waals surface area contributed by atoms with Crippen molar-refractivity contribution in [2.45, 2.75) is 0 Å². The van der Waals surface area contributed by atoms with Crippen molar-refractivity contribution in [2.75, 3.05) is 5.73 Å². The topological polar surface area (TPSA) is 26.0 Å². The van der Waals surface area contributed by atoms with Gasteiger partial charge in [0.25, 0.3) is 0 Å². The molecule has 0 saturated heterocycles. The van der Waals surface area contributed by atoms with Crippen molar-refractivity contribution in [1.29, 1.82) is 0 Å². The normalized spacial score (nSPS) is 10.4. The first-order chi connectivity index (χ1) is 6.68. The lowest BCUT2D eigenvalue weighted by atomic mass is 10.1. The van der Waals surface area contributed by atoms with Crippen LogP contribution < -0.4 is 5.73 Å². The molecule has 2 N–H and O–H groups in total. The summed E-state index contributed by atoms with van der Waals surface area (Å²) in [5.41, 5.74) is 7.33. The van der Waals surface area contributed by atoms with E-state index in [1.54, 1.807) is 17.4 Å². The molecule has 1 heterocycles. The lowest BCUT2D eigenvalue weighted by Crippen LogP contribution is -1.86. The van der Waals surface area contributed by atoms with Crippen molar-refractivity contribution in [3.63, 3.8) is 0 Å². The molecule has 0 radical (unpaired) electrons. The lowest BCUT2D eigenvalue weighted by Gasteiger charge is -2.03. The minimum atomic E-state index is 0.619. The van der Waals surface area contributed by atoms with E-state index in [4.69, 9.17) is 17.3 Å². The monoisotopic (exact) mass is 287 g/mol. The number of nitrogens with two attached hydrogens (primary N) is 1. The molecule has 0 fully saturated rings. The van der Waals surface area contributed by atoms with Gasteiger partial charge in [-0.25, -0.2) is 0 Å². The fraction of sp³-hybridized carbons (Fsp3) is 0. The minimum Gasteiger partial charge on any atom is -0.398 e. The average molecular weight is 289 g/mol. The van der Waals surface area contributed by atoms with Crippen LogP contribution in [0.15, 0.2) is 34.1 Å². The number of hydrogen-bond acceptors (Lipinski definition) is 2. The Morgan fingerprint density at radius 2 is 2.00 bits per heavy atom. The summed E-state index contributed by atoms with van der Waals surface area (Å²) < 4.78 is 1.09. The zero-order valence-electron chi connectivity index (χ0n) is 7.13. The highest BCUT2D eigenvalue weighted by Gasteiger charge is 2.07. The number of rotatable bonds is 1. The van der Waals surface area contributed by atoms with Crippen molar-refractivity contribution in [2.24, 2.45) is 0 Å². The molecule has 2 rings (SSSR count). The molecular formula is C10H7BrClNS. The maximum absolute atomic E-state index is 6.10. The molecule has 2 aromatic rings. The number of nitrogen functional groups attached to an aromatic ring is 1. The third-order valence-corrected chi connectivity index (χ3v) is 3.95.